The van der Waals surface area contributed by atoms with Crippen LogP contribution in [-0.4, -0.2) is 86.6 Å². The molecule has 4 atom stereocenters. The number of aliphatic hydroxyl groups excluding tert-OH is 2. The Morgan fingerprint density at radius 3 is 2.23 bits per heavy atom. The number of ether oxygens (including phenoxy) is 1. The van der Waals surface area contributed by atoms with Crippen LogP contribution in [0.15, 0.2) is 53.4 Å². The Morgan fingerprint density at radius 2 is 1.60 bits per heavy atom. The molecule has 0 bridgehead atoms. The summed E-state index contributed by atoms with van der Waals surface area (Å²) in [6, 6.07) is 11.8. The summed E-state index contributed by atoms with van der Waals surface area (Å²) < 4.78 is 46.1. The molecule has 2 saturated heterocycles. The smallest absolute Gasteiger partial charge is 0.240 e. The van der Waals surface area contributed by atoms with Crippen LogP contribution < -0.4 is 9.62 Å². The first-order valence-corrected chi connectivity index (χ1v) is 13.1. The number of benzene rings is 2. The molecular weight excluding hydrogens is 501 g/mol. The van der Waals surface area contributed by atoms with Gasteiger partial charge in [0.15, 0.2) is 0 Å². The van der Waals surface area contributed by atoms with Crippen LogP contribution in [0.5, 0.6) is 0 Å². The minimum absolute atomic E-state index is 0.00134. The summed E-state index contributed by atoms with van der Waals surface area (Å²) in [6.45, 7) is 1.77. The predicted molar refractivity (Wildman–Crippen MR) is 127 cm³/mol. The average Bonchev–Trinajstić information content (AvgIpc) is 3.11. The van der Waals surface area contributed by atoms with Gasteiger partial charge in [0.05, 0.1) is 17.4 Å². The lowest BCUT2D eigenvalue weighted by atomic mass is 10.0. The topological polar surface area (TPSA) is 119 Å². The Bertz CT molecular complexity index is 1130. The van der Waals surface area contributed by atoms with E-state index >= 15 is 0 Å². The molecule has 9 nitrogen and oxygen atoms in total. The van der Waals surface area contributed by atoms with E-state index in [1.807, 2.05) is 0 Å². The van der Waals surface area contributed by atoms with Crippen molar-refractivity contribution in [1.29, 1.82) is 0 Å². The van der Waals surface area contributed by atoms with Crippen molar-refractivity contribution < 1.29 is 32.6 Å². The highest BCUT2D eigenvalue weighted by Gasteiger charge is 2.44. The summed E-state index contributed by atoms with van der Waals surface area (Å²) >= 11 is 5.79. The lowest BCUT2D eigenvalue weighted by molar-refractivity contribution is -0.135. The number of nitrogens with zero attached hydrogens (tertiary/aromatic N) is 2. The summed E-state index contributed by atoms with van der Waals surface area (Å²) in [6.07, 6.45) is -4.80. The van der Waals surface area contributed by atoms with E-state index in [-0.39, 0.29) is 29.6 Å². The van der Waals surface area contributed by atoms with E-state index in [4.69, 9.17) is 16.3 Å². The van der Waals surface area contributed by atoms with Crippen LogP contribution in [0.2, 0.25) is 5.02 Å². The number of halogens is 2. The van der Waals surface area contributed by atoms with Crippen molar-refractivity contribution in [2.75, 3.05) is 37.6 Å². The molecule has 12 heteroatoms. The van der Waals surface area contributed by atoms with Gasteiger partial charge in [-0.2, -0.15) is 0 Å². The molecule has 35 heavy (non-hydrogen) atoms. The van der Waals surface area contributed by atoms with Gasteiger partial charge in [0.1, 0.15) is 24.1 Å². The molecule has 0 spiro atoms. The summed E-state index contributed by atoms with van der Waals surface area (Å²) in [7, 11) is -3.88. The number of hydrogen-bond acceptors (Lipinski definition) is 7. The van der Waals surface area contributed by atoms with E-state index in [0.29, 0.717) is 31.2 Å². The molecule has 2 aromatic rings. The SMILES string of the molecule is O=C(C[C@@H]1O[C@H](CNS(=O)(=O)c2ccc(Cl)cc2)[C@@H](O)[C@H]1O)N1CCN(c2ccc(F)cc2)CC1. The third kappa shape index (κ3) is 6.11. The lowest BCUT2D eigenvalue weighted by Crippen LogP contribution is -2.49. The van der Waals surface area contributed by atoms with E-state index in [9.17, 15) is 27.8 Å². The summed E-state index contributed by atoms with van der Waals surface area (Å²) in [5, 5.41) is 21.1. The first kappa shape index (κ1) is 25.8. The number of sulfonamides is 1. The van der Waals surface area contributed by atoms with Crippen LogP contribution >= 0.6 is 11.6 Å². The van der Waals surface area contributed by atoms with Crippen molar-refractivity contribution in [2.24, 2.45) is 0 Å². The van der Waals surface area contributed by atoms with Crippen LogP contribution in [0.3, 0.4) is 0 Å². The highest BCUT2D eigenvalue weighted by Crippen LogP contribution is 2.25. The molecule has 2 aliphatic rings. The largest absolute Gasteiger partial charge is 0.388 e. The highest BCUT2D eigenvalue weighted by molar-refractivity contribution is 7.89. The zero-order valence-corrected chi connectivity index (χ0v) is 20.3. The third-order valence-corrected chi connectivity index (χ3v) is 7.95. The van der Waals surface area contributed by atoms with Crippen molar-refractivity contribution in [3.8, 4) is 0 Å². The van der Waals surface area contributed by atoms with Crippen LogP contribution in [-0.2, 0) is 19.6 Å². The third-order valence-electron chi connectivity index (χ3n) is 6.26. The average molecular weight is 528 g/mol. The minimum atomic E-state index is -3.88. The molecule has 2 aromatic carbocycles. The zero-order valence-electron chi connectivity index (χ0n) is 18.8. The van der Waals surface area contributed by atoms with E-state index in [0.717, 1.165) is 5.69 Å². The molecule has 190 valence electrons. The van der Waals surface area contributed by atoms with Gasteiger partial charge in [0.25, 0.3) is 0 Å². The quantitative estimate of drug-likeness (QED) is 0.491. The minimum Gasteiger partial charge on any atom is -0.388 e. The molecule has 0 aliphatic carbocycles. The monoisotopic (exact) mass is 527 g/mol. The van der Waals surface area contributed by atoms with Gasteiger partial charge < -0.3 is 24.7 Å². The number of amides is 1. The van der Waals surface area contributed by atoms with Crippen molar-refractivity contribution >= 4 is 33.2 Å². The van der Waals surface area contributed by atoms with E-state index in [1.165, 1.54) is 36.4 Å². The summed E-state index contributed by atoms with van der Waals surface area (Å²) in [4.78, 5) is 16.5. The van der Waals surface area contributed by atoms with Gasteiger partial charge in [-0.3, -0.25) is 4.79 Å². The molecule has 4 rings (SSSR count). The number of anilines is 1. The second kappa shape index (κ2) is 10.8. The van der Waals surface area contributed by atoms with Gasteiger partial charge in [-0.25, -0.2) is 17.5 Å². The second-order valence-electron chi connectivity index (χ2n) is 8.55. The van der Waals surface area contributed by atoms with Crippen molar-refractivity contribution in [3.05, 3.63) is 59.4 Å². The van der Waals surface area contributed by atoms with E-state index in [1.54, 1.807) is 17.0 Å². The van der Waals surface area contributed by atoms with Gasteiger partial charge in [0, 0.05) is 43.4 Å². The van der Waals surface area contributed by atoms with Crippen LogP contribution in [0.25, 0.3) is 0 Å². The Labute approximate surface area is 208 Å². The van der Waals surface area contributed by atoms with E-state index in [2.05, 4.69) is 9.62 Å². The van der Waals surface area contributed by atoms with Gasteiger partial charge in [-0.05, 0) is 48.5 Å². The molecule has 2 fully saturated rings. The van der Waals surface area contributed by atoms with Crippen LogP contribution in [0.4, 0.5) is 10.1 Å². The number of aliphatic hydroxyl groups is 2. The van der Waals surface area contributed by atoms with Gasteiger partial charge in [0.2, 0.25) is 15.9 Å². The molecule has 0 radical (unpaired) electrons. The number of carbonyl (C=O) groups excluding carboxylic acids is 1. The number of piperazine rings is 1. The molecule has 1 amide bonds. The molecule has 2 aliphatic heterocycles. The maximum atomic E-state index is 13.1. The van der Waals surface area contributed by atoms with Crippen LogP contribution in [0, 0.1) is 5.82 Å². The standard InChI is InChI=1S/C23H27ClFN3O6S/c24-15-1-7-18(8-2-15)35(32,33)26-14-20-23(31)22(30)19(34-20)13-21(29)28-11-9-27(10-12-28)17-5-3-16(25)4-6-17/h1-8,19-20,22-23,26,30-31H,9-14H2/t19-,20+,22-,23+/m0/s1. The Hall–Kier alpha value is -2.28. The predicted octanol–water partition coefficient (Wildman–Crippen LogP) is 0.985. The normalized spacial score (nSPS) is 25.1. The number of rotatable bonds is 7. The molecule has 3 N–H and O–H groups in total. The van der Waals surface area contributed by atoms with Crippen LogP contribution in [0.1, 0.15) is 6.42 Å². The lowest BCUT2D eigenvalue weighted by Gasteiger charge is -2.36. The first-order valence-electron chi connectivity index (χ1n) is 11.2. The number of carbonyl (C=O) groups is 1. The number of nitrogens with one attached hydrogen (secondary N) is 1. The fourth-order valence-corrected chi connectivity index (χ4v) is 5.39. The fourth-order valence-electron chi connectivity index (χ4n) is 4.22. The first-order chi connectivity index (χ1) is 16.6. The Kier molecular flexibility index (Phi) is 7.94. The summed E-state index contributed by atoms with van der Waals surface area (Å²) in [5.41, 5.74) is 0.875. The van der Waals surface area contributed by atoms with Crippen molar-refractivity contribution in [3.63, 3.8) is 0 Å². The van der Waals surface area contributed by atoms with Gasteiger partial charge in [-0.1, -0.05) is 11.6 Å². The maximum Gasteiger partial charge on any atom is 0.240 e. The second-order valence-corrected chi connectivity index (χ2v) is 10.8. The van der Waals surface area contributed by atoms with E-state index < -0.39 is 34.4 Å². The molecule has 0 aromatic heterocycles. The maximum absolute atomic E-state index is 13.1. The zero-order chi connectivity index (χ0) is 25.2. The van der Waals surface area contributed by atoms with Crippen molar-refractivity contribution in [2.45, 2.75) is 35.7 Å². The highest BCUT2D eigenvalue weighted by atomic mass is 35.5. The van der Waals surface area contributed by atoms with Crippen molar-refractivity contribution in [1.82, 2.24) is 9.62 Å². The molecular formula is C23H27ClFN3O6S. The number of hydrogen-bond donors (Lipinski definition) is 3. The molecule has 0 saturated carbocycles. The molecule has 2 heterocycles. The summed E-state index contributed by atoms with van der Waals surface area (Å²) in [5.74, 6) is -0.543. The Balaban J connectivity index is 1.28. The molecule has 0 unspecified atom stereocenters. The Morgan fingerprint density at radius 1 is 1.00 bits per heavy atom. The van der Waals surface area contributed by atoms with Gasteiger partial charge >= 0.3 is 0 Å². The fraction of sp³-hybridized carbons (Fsp3) is 0.435. The van der Waals surface area contributed by atoms with Gasteiger partial charge in [-0.15, -0.1) is 0 Å².